The van der Waals surface area contributed by atoms with Gasteiger partial charge >= 0.3 is 12.1 Å². The number of halogens is 6. The molecular weight excluding hydrogens is 528 g/mol. The number of hydrogen-bond donors (Lipinski definition) is 0. The maximum atomic E-state index is 13.8. The highest BCUT2D eigenvalue weighted by molar-refractivity contribution is 6.42. The summed E-state index contributed by atoms with van der Waals surface area (Å²) in [6.45, 7) is 0. The number of esters is 1. The zero-order valence-electron chi connectivity index (χ0n) is 17.3. The monoisotopic (exact) mass is 538 g/mol. The molecule has 0 radical (unpaired) electrons. The number of carbonyl (C=O) groups excluding carboxylic acids is 1. The van der Waals surface area contributed by atoms with Crippen LogP contribution in [-0.4, -0.2) is 5.97 Å². The predicted octanol–water partition coefficient (Wildman–Crippen LogP) is 8.06. The Hall–Kier alpha value is -3.26. The smallest absolute Gasteiger partial charge is 0.450 e. The number of alkyl halides is 3. The van der Waals surface area contributed by atoms with Gasteiger partial charge < -0.3 is 9.15 Å². The molecule has 0 unspecified atom stereocenters. The minimum Gasteiger partial charge on any atom is -0.450 e. The van der Waals surface area contributed by atoms with Gasteiger partial charge in [0, 0.05) is 22.7 Å². The lowest BCUT2D eigenvalue weighted by molar-refractivity contribution is -0.152. The lowest BCUT2D eigenvalue weighted by atomic mass is 10.0. The van der Waals surface area contributed by atoms with Crippen LogP contribution in [0.5, 0.6) is 5.75 Å². The zero-order chi connectivity index (χ0) is 25.3. The minimum atomic E-state index is -4.99. The van der Waals surface area contributed by atoms with Gasteiger partial charge in [-0.2, -0.15) is 13.2 Å². The van der Waals surface area contributed by atoms with E-state index in [2.05, 4.69) is 0 Å². The van der Waals surface area contributed by atoms with E-state index in [0.717, 1.165) is 12.1 Å². The van der Waals surface area contributed by atoms with E-state index < -0.39 is 34.5 Å². The zero-order valence-corrected chi connectivity index (χ0v) is 19.6. The Kier molecular flexibility index (Phi) is 6.94. The van der Waals surface area contributed by atoms with E-state index in [-0.39, 0.29) is 21.7 Å². The molecule has 1 heterocycles. The van der Waals surface area contributed by atoms with Gasteiger partial charge in [0.2, 0.25) is 11.2 Å². The Balaban J connectivity index is 1.71. The molecule has 0 bridgehead atoms. The van der Waals surface area contributed by atoms with Crippen LogP contribution in [0.4, 0.5) is 13.2 Å². The fourth-order valence-electron chi connectivity index (χ4n) is 3.28. The van der Waals surface area contributed by atoms with E-state index in [1.165, 1.54) is 48.5 Å². The van der Waals surface area contributed by atoms with E-state index in [1.54, 1.807) is 12.1 Å². The third-order valence-electron chi connectivity index (χ3n) is 4.84. The summed E-state index contributed by atoms with van der Waals surface area (Å²) in [7, 11) is 0. The van der Waals surface area contributed by atoms with Gasteiger partial charge in [-0.25, -0.2) is 4.79 Å². The second-order valence-corrected chi connectivity index (χ2v) is 8.42. The number of carbonyl (C=O) groups is 1. The summed E-state index contributed by atoms with van der Waals surface area (Å²) >= 11 is 17.8. The molecule has 0 atom stereocenters. The molecule has 0 saturated carbocycles. The molecule has 0 aliphatic rings. The summed E-state index contributed by atoms with van der Waals surface area (Å²) < 4.78 is 51.7. The van der Waals surface area contributed by atoms with Crippen LogP contribution in [0, 0.1) is 0 Å². The summed E-state index contributed by atoms with van der Waals surface area (Å²) in [6.07, 6.45) is -2.47. The molecule has 10 heteroatoms. The molecule has 4 rings (SSSR count). The molecule has 3 aromatic carbocycles. The van der Waals surface area contributed by atoms with E-state index in [0.29, 0.717) is 15.6 Å². The van der Waals surface area contributed by atoms with Gasteiger partial charge in [-0.05, 0) is 42.0 Å². The van der Waals surface area contributed by atoms with Crippen LogP contribution in [0.25, 0.3) is 28.2 Å². The molecule has 0 spiro atoms. The van der Waals surface area contributed by atoms with Gasteiger partial charge in [0.05, 0.1) is 21.0 Å². The van der Waals surface area contributed by atoms with Crippen molar-refractivity contribution >= 4 is 57.8 Å². The van der Waals surface area contributed by atoms with Gasteiger partial charge in [0.1, 0.15) is 11.3 Å². The highest BCUT2D eigenvalue weighted by Crippen LogP contribution is 2.39. The lowest BCUT2D eigenvalue weighted by Crippen LogP contribution is -2.16. The molecule has 0 aliphatic carbocycles. The second kappa shape index (κ2) is 9.77. The Morgan fingerprint density at radius 2 is 1.66 bits per heavy atom. The number of fused-ring (bicyclic) bond motifs is 1. The number of benzene rings is 3. The van der Waals surface area contributed by atoms with Gasteiger partial charge in [-0.1, -0.05) is 59.1 Å². The lowest BCUT2D eigenvalue weighted by Gasteiger charge is -2.14. The van der Waals surface area contributed by atoms with Crippen LogP contribution in [0.2, 0.25) is 15.1 Å². The van der Waals surface area contributed by atoms with Crippen LogP contribution >= 0.6 is 34.8 Å². The van der Waals surface area contributed by atoms with Crippen molar-refractivity contribution in [2.24, 2.45) is 0 Å². The molecular formula is C25H12Cl3F3O4. The Bertz CT molecular complexity index is 1540. The average Bonchev–Trinajstić information content (AvgIpc) is 2.80. The maximum Gasteiger partial charge on any atom is 0.450 e. The minimum absolute atomic E-state index is 0.0380. The number of ether oxygens (including phenoxy) is 1. The molecule has 178 valence electrons. The van der Waals surface area contributed by atoms with Crippen LogP contribution in [0.3, 0.4) is 0 Å². The van der Waals surface area contributed by atoms with Crippen LogP contribution in [-0.2, 0) is 11.0 Å². The molecule has 0 amide bonds. The standard InChI is InChI=1S/C25H12Cl3F3O4/c26-17-4-2-1-3-15(17)22-23(33)16-8-7-14(12-20(16)35-24(22)25(29,30)31)34-21(32)10-6-13-5-9-18(27)19(28)11-13/h1-12H. The average molecular weight is 540 g/mol. The van der Waals surface area contributed by atoms with E-state index in [9.17, 15) is 22.8 Å². The Labute approximate surface area is 211 Å². The third kappa shape index (κ3) is 5.37. The highest BCUT2D eigenvalue weighted by atomic mass is 35.5. The summed E-state index contributed by atoms with van der Waals surface area (Å²) in [4.78, 5) is 25.2. The summed E-state index contributed by atoms with van der Waals surface area (Å²) in [5.74, 6) is -2.45. The SMILES string of the molecule is O=C(C=Cc1ccc(Cl)c(Cl)c1)Oc1ccc2c(=O)c(-c3ccccc3Cl)c(C(F)(F)F)oc2c1. The molecule has 4 aromatic rings. The topological polar surface area (TPSA) is 56.5 Å². The first-order valence-electron chi connectivity index (χ1n) is 9.82. The van der Waals surface area contributed by atoms with Crippen molar-refractivity contribution in [3.05, 3.63) is 103 Å². The van der Waals surface area contributed by atoms with Crippen molar-refractivity contribution in [3.8, 4) is 16.9 Å². The summed E-state index contributed by atoms with van der Waals surface area (Å²) in [5, 5.41) is 0.464. The quantitative estimate of drug-likeness (QED) is 0.150. The molecule has 35 heavy (non-hydrogen) atoms. The second-order valence-electron chi connectivity index (χ2n) is 7.20. The van der Waals surface area contributed by atoms with Gasteiger partial charge in [-0.3, -0.25) is 4.79 Å². The van der Waals surface area contributed by atoms with Crippen LogP contribution in [0.15, 0.2) is 76.0 Å². The molecule has 4 nitrogen and oxygen atoms in total. The first kappa shape index (κ1) is 24.9. The van der Waals surface area contributed by atoms with Crippen LogP contribution < -0.4 is 10.2 Å². The van der Waals surface area contributed by atoms with Crippen molar-refractivity contribution in [2.45, 2.75) is 6.18 Å². The maximum absolute atomic E-state index is 13.8. The summed E-state index contributed by atoms with van der Waals surface area (Å²) in [6, 6.07) is 13.9. The van der Waals surface area contributed by atoms with Crippen molar-refractivity contribution < 1.29 is 27.1 Å². The third-order valence-corrected chi connectivity index (χ3v) is 5.91. The van der Waals surface area contributed by atoms with E-state index in [4.69, 9.17) is 44.0 Å². The van der Waals surface area contributed by atoms with Gasteiger partial charge in [-0.15, -0.1) is 0 Å². The van der Waals surface area contributed by atoms with Crippen molar-refractivity contribution in [2.75, 3.05) is 0 Å². The van der Waals surface area contributed by atoms with Crippen molar-refractivity contribution in [1.82, 2.24) is 0 Å². The first-order chi connectivity index (χ1) is 16.5. The number of rotatable bonds is 4. The van der Waals surface area contributed by atoms with Gasteiger partial charge in [0.25, 0.3) is 0 Å². The van der Waals surface area contributed by atoms with Gasteiger partial charge in [0.15, 0.2) is 0 Å². The largest absolute Gasteiger partial charge is 0.450 e. The molecule has 1 aromatic heterocycles. The fourth-order valence-corrected chi connectivity index (χ4v) is 3.81. The van der Waals surface area contributed by atoms with Crippen LogP contribution in [0.1, 0.15) is 11.3 Å². The number of hydrogen-bond acceptors (Lipinski definition) is 4. The molecule has 0 fully saturated rings. The Morgan fingerprint density at radius 1 is 0.914 bits per heavy atom. The Morgan fingerprint density at radius 3 is 2.34 bits per heavy atom. The first-order valence-corrected chi connectivity index (χ1v) is 11.0. The molecule has 0 N–H and O–H groups in total. The molecule has 0 saturated heterocycles. The van der Waals surface area contributed by atoms with E-state index >= 15 is 0 Å². The predicted molar refractivity (Wildman–Crippen MR) is 129 cm³/mol. The molecule has 0 aliphatic heterocycles. The normalized spacial score (nSPS) is 11.8. The van der Waals surface area contributed by atoms with Crippen molar-refractivity contribution in [3.63, 3.8) is 0 Å². The summed E-state index contributed by atoms with van der Waals surface area (Å²) in [5.41, 5.74) is -1.58. The fraction of sp³-hybridized carbons (Fsp3) is 0.0400. The van der Waals surface area contributed by atoms with E-state index in [1.807, 2.05) is 0 Å². The van der Waals surface area contributed by atoms with Crippen molar-refractivity contribution in [1.29, 1.82) is 0 Å². The highest BCUT2D eigenvalue weighted by Gasteiger charge is 2.39.